The van der Waals surface area contributed by atoms with Gasteiger partial charge in [-0.3, -0.25) is 14.5 Å². The highest BCUT2D eigenvalue weighted by Crippen LogP contribution is 2.26. The van der Waals surface area contributed by atoms with Crippen molar-refractivity contribution >= 4 is 35.1 Å². The largest absolute Gasteiger partial charge is 0.480 e. The van der Waals surface area contributed by atoms with Crippen molar-refractivity contribution in [2.45, 2.75) is 38.3 Å². The summed E-state index contributed by atoms with van der Waals surface area (Å²) in [5.74, 6) is -0.907. The zero-order valence-electron chi connectivity index (χ0n) is 12.9. The van der Waals surface area contributed by atoms with E-state index in [0.717, 1.165) is 18.4 Å². The van der Waals surface area contributed by atoms with Gasteiger partial charge in [0.05, 0.1) is 13.0 Å². The molecule has 1 aromatic rings. The highest BCUT2D eigenvalue weighted by atomic mass is 35.5. The molecule has 0 saturated heterocycles. The van der Waals surface area contributed by atoms with E-state index in [0.29, 0.717) is 16.6 Å². The van der Waals surface area contributed by atoms with E-state index < -0.39 is 5.97 Å². The van der Waals surface area contributed by atoms with Crippen molar-refractivity contribution in [1.29, 1.82) is 0 Å². The fourth-order valence-electron chi connectivity index (χ4n) is 2.79. The van der Waals surface area contributed by atoms with Crippen molar-refractivity contribution in [2.24, 2.45) is 0 Å². The summed E-state index contributed by atoms with van der Waals surface area (Å²) in [6, 6.07) is 5.40. The number of hydrogen-bond donors (Lipinski definition) is 2. The minimum absolute atomic E-state index is 0.0439. The lowest BCUT2D eigenvalue weighted by Crippen LogP contribution is -2.55. The van der Waals surface area contributed by atoms with Gasteiger partial charge >= 0.3 is 5.97 Å². The summed E-state index contributed by atoms with van der Waals surface area (Å²) in [5, 5.41) is 12.9. The first-order chi connectivity index (χ1) is 10.9. The van der Waals surface area contributed by atoms with Gasteiger partial charge in [0.15, 0.2) is 0 Å². The van der Waals surface area contributed by atoms with Gasteiger partial charge in [-0.1, -0.05) is 36.2 Å². The molecule has 23 heavy (non-hydrogen) atoms. The van der Waals surface area contributed by atoms with Crippen LogP contribution in [0.5, 0.6) is 0 Å². The molecule has 126 valence electrons. The van der Waals surface area contributed by atoms with Crippen LogP contribution < -0.4 is 5.32 Å². The van der Waals surface area contributed by atoms with Gasteiger partial charge in [0.1, 0.15) is 0 Å². The molecule has 0 radical (unpaired) electrons. The standard InChI is InChI=1S/C16H20Cl2N2O3/c1-2-20(9-16(22)23)13-7-12(8-13)19-15(21)5-10-3-4-11(17)6-14(10)18/h3-4,6,12-13H,2,5,7-9H2,1H3,(H,19,21)(H,22,23). The molecule has 7 heteroatoms. The number of nitrogens with one attached hydrogen (secondary N) is 1. The highest BCUT2D eigenvalue weighted by molar-refractivity contribution is 6.35. The summed E-state index contributed by atoms with van der Waals surface area (Å²) in [4.78, 5) is 24.8. The summed E-state index contributed by atoms with van der Waals surface area (Å²) >= 11 is 11.9. The van der Waals surface area contributed by atoms with E-state index in [-0.39, 0.29) is 31.0 Å². The average molecular weight is 359 g/mol. The first kappa shape index (κ1) is 18.0. The summed E-state index contributed by atoms with van der Waals surface area (Å²) in [5.41, 5.74) is 0.741. The molecular formula is C16H20Cl2N2O3. The molecule has 0 heterocycles. The number of hydrogen-bond acceptors (Lipinski definition) is 3. The smallest absolute Gasteiger partial charge is 0.317 e. The third-order valence-corrected chi connectivity index (χ3v) is 4.69. The van der Waals surface area contributed by atoms with E-state index >= 15 is 0 Å². The maximum atomic E-state index is 12.1. The van der Waals surface area contributed by atoms with Gasteiger partial charge in [-0.25, -0.2) is 0 Å². The second-order valence-electron chi connectivity index (χ2n) is 5.76. The zero-order chi connectivity index (χ0) is 17.0. The Hall–Kier alpha value is -1.30. The van der Waals surface area contributed by atoms with Crippen LogP contribution in [0.4, 0.5) is 0 Å². The quantitative estimate of drug-likeness (QED) is 0.785. The maximum Gasteiger partial charge on any atom is 0.317 e. The average Bonchev–Trinajstić information content (AvgIpc) is 2.43. The van der Waals surface area contributed by atoms with Gasteiger partial charge in [-0.05, 0) is 37.1 Å². The molecule has 0 aliphatic heterocycles. The number of benzene rings is 1. The Labute approximate surface area is 145 Å². The van der Waals surface area contributed by atoms with Crippen molar-refractivity contribution in [3.8, 4) is 0 Å². The Morgan fingerprint density at radius 1 is 1.35 bits per heavy atom. The minimum atomic E-state index is -0.822. The minimum Gasteiger partial charge on any atom is -0.480 e. The number of aliphatic carboxylic acids is 1. The van der Waals surface area contributed by atoms with Crippen molar-refractivity contribution < 1.29 is 14.7 Å². The topological polar surface area (TPSA) is 69.6 Å². The van der Waals surface area contributed by atoms with E-state index in [1.807, 2.05) is 11.8 Å². The van der Waals surface area contributed by atoms with Crippen LogP contribution in [0.1, 0.15) is 25.3 Å². The van der Waals surface area contributed by atoms with Crippen molar-refractivity contribution in [2.75, 3.05) is 13.1 Å². The second kappa shape index (κ2) is 7.99. The monoisotopic (exact) mass is 358 g/mol. The number of carboxylic acids is 1. The highest BCUT2D eigenvalue weighted by Gasteiger charge is 2.34. The van der Waals surface area contributed by atoms with Crippen molar-refractivity contribution in [1.82, 2.24) is 10.2 Å². The molecule has 0 unspecified atom stereocenters. The van der Waals surface area contributed by atoms with E-state index in [1.165, 1.54) is 0 Å². The van der Waals surface area contributed by atoms with Gasteiger partial charge in [0.25, 0.3) is 0 Å². The van der Waals surface area contributed by atoms with E-state index in [1.54, 1.807) is 18.2 Å². The Morgan fingerprint density at radius 3 is 2.61 bits per heavy atom. The molecule has 1 aliphatic carbocycles. The summed E-state index contributed by atoms with van der Waals surface area (Å²) in [7, 11) is 0. The van der Waals surface area contributed by atoms with Crippen molar-refractivity contribution in [3.05, 3.63) is 33.8 Å². The summed E-state index contributed by atoms with van der Waals surface area (Å²) in [6.45, 7) is 2.68. The van der Waals surface area contributed by atoms with E-state index in [2.05, 4.69) is 5.32 Å². The van der Waals surface area contributed by atoms with Gasteiger partial charge in [-0.2, -0.15) is 0 Å². The molecule has 1 fully saturated rings. The normalized spacial score (nSPS) is 20.2. The molecule has 5 nitrogen and oxygen atoms in total. The van der Waals surface area contributed by atoms with E-state index in [4.69, 9.17) is 28.3 Å². The van der Waals surface area contributed by atoms with Gasteiger partial charge in [-0.15, -0.1) is 0 Å². The van der Waals surface area contributed by atoms with Crippen LogP contribution in [0.3, 0.4) is 0 Å². The number of likely N-dealkylation sites (N-methyl/N-ethyl adjacent to an activating group) is 1. The molecule has 0 aromatic heterocycles. The fourth-order valence-corrected chi connectivity index (χ4v) is 3.27. The number of carbonyl (C=O) groups excluding carboxylic acids is 1. The SMILES string of the molecule is CCN(CC(=O)O)C1CC(NC(=O)Cc2ccc(Cl)cc2Cl)C1. The van der Waals surface area contributed by atoms with Crippen LogP contribution >= 0.6 is 23.2 Å². The zero-order valence-corrected chi connectivity index (χ0v) is 14.4. The molecular weight excluding hydrogens is 339 g/mol. The lowest BCUT2D eigenvalue weighted by atomic mass is 9.85. The Bertz CT molecular complexity index is 589. The molecule has 2 rings (SSSR count). The Balaban J connectivity index is 1.78. The van der Waals surface area contributed by atoms with Crippen LogP contribution in [-0.2, 0) is 16.0 Å². The van der Waals surface area contributed by atoms with Crippen LogP contribution in [0.25, 0.3) is 0 Å². The molecule has 1 aliphatic rings. The first-order valence-electron chi connectivity index (χ1n) is 7.58. The molecule has 1 saturated carbocycles. The molecule has 2 N–H and O–H groups in total. The van der Waals surface area contributed by atoms with Crippen LogP contribution in [0, 0.1) is 0 Å². The first-order valence-corrected chi connectivity index (χ1v) is 8.33. The Morgan fingerprint density at radius 2 is 2.04 bits per heavy atom. The number of carboxylic acid groups (broad SMARTS) is 1. The lowest BCUT2D eigenvalue weighted by molar-refractivity contribution is -0.139. The molecule has 0 spiro atoms. The van der Waals surface area contributed by atoms with E-state index in [9.17, 15) is 9.59 Å². The van der Waals surface area contributed by atoms with Gasteiger partial charge < -0.3 is 10.4 Å². The van der Waals surface area contributed by atoms with Crippen LogP contribution in [0.15, 0.2) is 18.2 Å². The molecule has 1 amide bonds. The number of nitrogens with zero attached hydrogens (tertiary/aromatic N) is 1. The molecule has 0 atom stereocenters. The Kier molecular flexibility index (Phi) is 6.27. The number of carbonyl (C=O) groups is 2. The number of amides is 1. The molecule has 0 bridgehead atoms. The summed E-state index contributed by atoms with van der Waals surface area (Å²) < 4.78 is 0. The fraction of sp³-hybridized carbons (Fsp3) is 0.500. The maximum absolute atomic E-state index is 12.1. The lowest BCUT2D eigenvalue weighted by Gasteiger charge is -2.42. The van der Waals surface area contributed by atoms with Crippen LogP contribution in [-0.4, -0.2) is 47.1 Å². The van der Waals surface area contributed by atoms with Crippen molar-refractivity contribution in [3.63, 3.8) is 0 Å². The molecule has 1 aromatic carbocycles. The summed E-state index contributed by atoms with van der Waals surface area (Å²) in [6.07, 6.45) is 1.77. The van der Waals surface area contributed by atoms with Gasteiger partial charge in [0, 0.05) is 22.1 Å². The predicted octanol–water partition coefficient (Wildman–Crippen LogP) is 2.59. The second-order valence-corrected chi connectivity index (χ2v) is 6.60. The third-order valence-electron chi connectivity index (χ3n) is 4.11. The predicted molar refractivity (Wildman–Crippen MR) is 90.0 cm³/mol. The number of rotatable bonds is 7. The van der Waals surface area contributed by atoms with Crippen LogP contribution in [0.2, 0.25) is 10.0 Å². The third kappa shape index (κ3) is 5.09. The van der Waals surface area contributed by atoms with Gasteiger partial charge in [0.2, 0.25) is 5.91 Å². The number of halogens is 2.